The fraction of sp³-hybridized carbons (Fsp3) is 0.462. The number of hydrogen-bond acceptors (Lipinski definition) is 10. The number of thioether (sulfide) groups is 2. The molecule has 0 bridgehead atoms. The van der Waals surface area contributed by atoms with Gasteiger partial charge in [-0.3, -0.25) is 4.79 Å². The van der Waals surface area contributed by atoms with Crippen molar-refractivity contribution in [2.45, 2.75) is 62.6 Å². The van der Waals surface area contributed by atoms with Crippen LogP contribution in [0, 0.1) is 0 Å². The molecule has 0 aliphatic carbocycles. The van der Waals surface area contributed by atoms with Crippen molar-refractivity contribution in [1.29, 1.82) is 0 Å². The Bertz CT molecular complexity index is 1490. The lowest BCUT2D eigenvalue weighted by Gasteiger charge is -2.33. The monoisotopic (exact) mass is 573 g/mol. The van der Waals surface area contributed by atoms with Gasteiger partial charge in [-0.05, 0) is 37.5 Å². The number of amides is 1. The molecule has 0 fully saturated rings. The summed E-state index contributed by atoms with van der Waals surface area (Å²) in [4.78, 5) is 20.1. The summed E-state index contributed by atoms with van der Waals surface area (Å²) in [5.74, 6) is 2.11. The molecule has 1 aliphatic rings. The van der Waals surface area contributed by atoms with Crippen LogP contribution in [0.25, 0.3) is 15.9 Å². The third-order valence-corrected chi connectivity index (χ3v) is 9.79. The molecule has 0 spiro atoms. The van der Waals surface area contributed by atoms with Crippen LogP contribution in [0.5, 0.6) is 11.5 Å². The quantitative estimate of drug-likeness (QED) is 0.185. The van der Waals surface area contributed by atoms with E-state index in [1.54, 1.807) is 55.5 Å². The molecule has 1 atom stereocenters. The van der Waals surface area contributed by atoms with Crippen molar-refractivity contribution in [2.75, 3.05) is 31.0 Å². The fourth-order valence-electron chi connectivity index (χ4n) is 4.35. The molecule has 1 aromatic carbocycles. The molecule has 12 heteroatoms. The van der Waals surface area contributed by atoms with E-state index in [-0.39, 0.29) is 17.3 Å². The number of ether oxygens (including phenoxy) is 3. The second-order valence-electron chi connectivity index (χ2n) is 9.24. The third-order valence-electron chi connectivity index (χ3n) is 6.62. The van der Waals surface area contributed by atoms with Crippen molar-refractivity contribution in [3.05, 3.63) is 28.6 Å². The summed E-state index contributed by atoms with van der Waals surface area (Å²) in [6.07, 6.45) is 2.77. The van der Waals surface area contributed by atoms with Crippen LogP contribution in [0.4, 0.5) is 5.69 Å². The SMILES string of the molecule is CCCSc1nc2sc3c(c2c2nnc(SCC(=O)Nc4ccc(OC)cc4OC)n12)CC(C)(CC)OC3. The van der Waals surface area contributed by atoms with Gasteiger partial charge < -0.3 is 19.5 Å². The summed E-state index contributed by atoms with van der Waals surface area (Å²) < 4.78 is 18.9. The summed E-state index contributed by atoms with van der Waals surface area (Å²) in [6.45, 7) is 7.06. The van der Waals surface area contributed by atoms with Gasteiger partial charge >= 0.3 is 0 Å². The van der Waals surface area contributed by atoms with E-state index in [4.69, 9.17) is 19.2 Å². The maximum Gasteiger partial charge on any atom is 0.234 e. The van der Waals surface area contributed by atoms with Gasteiger partial charge in [0.1, 0.15) is 16.3 Å². The number of fused-ring (bicyclic) bond motifs is 5. The predicted molar refractivity (Wildman–Crippen MR) is 153 cm³/mol. The van der Waals surface area contributed by atoms with Crippen molar-refractivity contribution in [1.82, 2.24) is 19.6 Å². The van der Waals surface area contributed by atoms with Crippen LogP contribution in [0.2, 0.25) is 0 Å². The zero-order valence-electron chi connectivity index (χ0n) is 22.1. The van der Waals surface area contributed by atoms with Gasteiger partial charge in [0.15, 0.2) is 16.0 Å². The highest BCUT2D eigenvalue weighted by Gasteiger charge is 2.33. The van der Waals surface area contributed by atoms with Crippen molar-refractivity contribution in [3.8, 4) is 11.5 Å². The minimum absolute atomic E-state index is 0.162. The van der Waals surface area contributed by atoms with Gasteiger partial charge in [-0.1, -0.05) is 37.4 Å². The fourth-order valence-corrected chi connectivity index (χ4v) is 7.14. The van der Waals surface area contributed by atoms with E-state index in [1.165, 1.54) is 22.2 Å². The van der Waals surface area contributed by atoms with E-state index in [0.29, 0.717) is 28.9 Å². The van der Waals surface area contributed by atoms with E-state index < -0.39 is 0 Å². The summed E-state index contributed by atoms with van der Waals surface area (Å²) in [5, 5.41) is 14.6. The third kappa shape index (κ3) is 5.18. The van der Waals surface area contributed by atoms with Crippen LogP contribution >= 0.6 is 34.9 Å². The number of rotatable bonds is 10. The first-order valence-corrected chi connectivity index (χ1v) is 15.3. The lowest BCUT2D eigenvalue weighted by molar-refractivity contribution is -0.113. The summed E-state index contributed by atoms with van der Waals surface area (Å²) >= 11 is 4.71. The largest absolute Gasteiger partial charge is 0.497 e. The Kier molecular flexibility index (Phi) is 8.03. The van der Waals surface area contributed by atoms with E-state index in [1.807, 2.05) is 4.40 Å². The van der Waals surface area contributed by atoms with E-state index in [0.717, 1.165) is 46.0 Å². The van der Waals surface area contributed by atoms with Gasteiger partial charge in [0.05, 0.1) is 43.3 Å². The Balaban J connectivity index is 1.46. The molecule has 9 nitrogen and oxygen atoms in total. The maximum absolute atomic E-state index is 12.9. The minimum Gasteiger partial charge on any atom is -0.497 e. The molecule has 1 aliphatic heterocycles. The molecular formula is C26H31N5O4S3. The van der Waals surface area contributed by atoms with Crippen molar-refractivity contribution < 1.29 is 19.0 Å². The lowest BCUT2D eigenvalue weighted by atomic mass is 9.90. The minimum atomic E-state index is -0.203. The molecule has 202 valence electrons. The zero-order chi connectivity index (χ0) is 26.9. The highest BCUT2D eigenvalue weighted by molar-refractivity contribution is 8.00. The molecule has 0 radical (unpaired) electrons. The van der Waals surface area contributed by atoms with Gasteiger partial charge in [0.2, 0.25) is 5.91 Å². The zero-order valence-corrected chi connectivity index (χ0v) is 24.6. The number of nitrogens with one attached hydrogen (secondary N) is 1. The van der Waals surface area contributed by atoms with Crippen LogP contribution < -0.4 is 14.8 Å². The van der Waals surface area contributed by atoms with Gasteiger partial charge in [-0.2, -0.15) is 0 Å². The number of aromatic nitrogens is 4. The highest BCUT2D eigenvalue weighted by Crippen LogP contribution is 2.42. The Morgan fingerprint density at radius 1 is 1.21 bits per heavy atom. The van der Waals surface area contributed by atoms with Crippen molar-refractivity contribution >= 4 is 62.3 Å². The molecule has 1 unspecified atom stereocenters. The topological polar surface area (TPSA) is 99.9 Å². The Morgan fingerprint density at radius 3 is 2.79 bits per heavy atom. The molecule has 0 saturated heterocycles. The lowest BCUT2D eigenvalue weighted by Crippen LogP contribution is -2.33. The smallest absolute Gasteiger partial charge is 0.234 e. The number of hydrogen-bond donors (Lipinski definition) is 1. The molecule has 3 aromatic heterocycles. The second kappa shape index (κ2) is 11.3. The summed E-state index contributed by atoms with van der Waals surface area (Å²) in [7, 11) is 3.15. The molecule has 0 saturated carbocycles. The normalized spacial score (nSPS) is 17.1. The molecule has 1 amide bonds. The van der Waals surface area contributed by atoms with Crippen LogP contribution in [0.3, 0.4) is 0 Å². The molecule has 1 N–H and O–H groups in total. The standard InChI is InChI=1S/C26H31N5O4S3/c1-6-10-36-24-28-23-21(16-12-26(3,7-2)35-13-19(16)38-23)22-29-30-25(31(22)24)37-14-20(32)27-17-9-8-15(33-4)11-18(17)34-5/h8-9,11H,6-7,10,12-14H2,1-5H3,(H,27,32). The van der Waals surface area contributed by atoms with Gasteiger partial charge in [-0.15, -0.1) is 21.5 Å². The maximum atomic E-state index is 12.9. The first-order chi connectivity index (χ1) is 18.4. The molecule has 38 heavy (non-hydrogen) atoms. The highest BCUT2D eigenvalue weighted by atomic mass is 32.2. The van der Waals surface area contributed by atoms with Gasteiger partial charge in [0, 0.05) is 23.1 Å². The number of anilines is 1. The van der Waals surface area contributed by atoms with Crippen LogP contribution in [0.1, 0.15) is 44.1 Å². The van der Waals surface area contributed by atoms with Crippen LogP contribution in [-0.4, -0.2) is 56.8 Å². The summed E-state index contributed by atoms with van der Waals surface area (Å²) in [5.41, 5.74) is 2.44. The molecule has 4 heterocycles. The van der Waals surface area contributed by atoms with E-state index in [9.17, 15) is 4.79 Å². The number of thiophene rings is 1. The first kappa shape index (κ1) is 27.0. The second-order valence-corrected chi connectivity index (χ2v) is 12.3. The van der Waals surface area contributed by atoms with Crippen LogP contribution in [-0.2, 0) is 22.6 Å². The van der Waals surface area contributed by atoms with E-state index in [2.05, 4.69) is 36.3 Å². The Hall–Kier alpha value is -2.54. The van der Waals surface area contributed by atoms with Gasteiger partial charge in [-0.25, -0.2) is 9.38 Å². The number of carbonyl (C=O) groups is 1. The molecule has 4 aromatic rings. The van der Waals surface area contributed by atoms with Gasteiger partial charge in [0.25, 0.3) is 0 Å². The average Bonchev–Trinajstić information content (AvgIpc) is 3.51. The Labute approximate surface area is 234 Å². The predicted octanol–water partition coefficient (Wildman–Crippen LogP) is 5.83. The number of methoxy groups -OCH3 is 2. The van der Waals surface area contributed by atoms with E-state index >= 15 is 0 Å². The summed E-state index contributed by atoms with van der Waals surface area (Å²) in [6, 6.07) is 5.28. The van der Waals surface area contributed by atoms with Crippen LogP contribution in [0.15, 0.2) is 28.5 Å². The first-order valence-electron chi connectivity index (χ1n) is 12.5. The molecular weight excluding hydrogens is 543 g/mol. The number of nitrogens with zero attached hydrogens (tertiary/aromatic N) is 4. The van der Waals surface area contributed by atoms with Crippen molar-refractivity contribution in [2.24, 2.45) is 0 Å². The van der Waals surface area contributed by atoms with Crippen molar-refractivity contribution in [3.63, 3.8) is 0 Å². The average molecular weight is 574 g/mol. The Morgan fingerprint density at radius 2 is 2.05 bits per heavy atom. The number of benzene rings is 1. The molecule has 5 rings (SSSR count). The number of carbonyl (C=O) groups excluding carboxylic acids is 1.